The van der Waals surface area contributed by atoms with Crippen LogP contribution in [0.3, 0.4) is 0 Å². The number of hydrogen-bond donors (Lipinski definition) is 0. The Morgan fingerprint density at radius 1 is 1.72 bits per heavy atom. The number of ether oxygens (including phenoxy) is 1. The van der Waals surface area contributed by atoms with E-state index in [1.165, 1.54) is 0 Å². The predicted octanol–water partition coefficient (Wildman–Crippen LogP) is 1.67. The van der Waals surface area contributed by atoms with Crippen molar-refractivity contribution in [2.24, 2.45) is 5.92 Å². The van der Waals surface area contributed by atoms with Crippen LogP contribution in [0.2, 0.25) is 0 Å². The zero-order valence-corrected chi connectivity index (χ0v) is 10.9. The average Bonchev–Trinajstić information content (AvgIpc) is 2.63. The minimum absolute atomic E-state index is 0.0375. The number of fused-ring (bicyclic) bond motifs is 1. The molecule has 1 saturated heterocycles. The summed E-state index contributed by atoms with van der Waals surface area (Å²) in [6, 6.07) is 0. The summed E-state index contributed by atoms with van der Waals surface area (Å²) >= 11 is 0. The Morgan fingerprint density at radius 2 is 2.44 bits per heavy atom. The molecule has 98 valence electrons. The smallest absolute Gasteiger partial charge is 0.332 e. The van der Waals surface area contributed by atoms with Gasteiger partial charge < -0.3 is 9.64 Å². The maximum absolute atomic E-state index is 12.2. The molecule has 0 spiro atoms. The summed E-state index contributed by atoms with van der Waals surface area (Å²) < 4.78 is 5.16. The van der Waals surface area contributed by atoms with Crippen LogP contribution in [-0.2, 0) is 14.3 Å². The van der Waals surface area contributed by atoms with Gasteiger partial charge in [0.25, 0.3) is 0 Å². The molecule has 0 aliphatic carbocycles. The van der Waals surface area contributed by atoms with E-state index in [9.17, 15) is 9.59 Å². The van der Waals surface area contributed by atoms with Crippen molar-refractivity contribution in [1.29, 1.82) is 0 Å². The van der Waals surface area contributed by atoms with Crippen LogP contribution in [0.25, 0.3) is 0 Å². The van der Waals surface area contributed by atoms with Gasteiger partial charge in [0.05, 0.1) is 6.61 Å². The topological polar surface area (TPSA) is 46.6 Å². The van der Waals surface area contributed by atoms with Gasteiger partial charge in [-0.05, 0) is 18.9 Å². The zero-order chi connectivity index (χ0) is 13.3. The Balaban J connectivity index is 2.36. The first-order valence-corrected chi connectivity index (χ1v) is 6.35. The van der Waals surface area contributed by atoms with Gasteiger partial charge in [0.1, 0.15) is 5.54 Å². The molecule has 0 radical (unpaired) electrons. The largest absolute Gasteiger partial charge is 0.464 e. The highest BCUT2D eigenvalue weighted by Gasteiger charge is 2.55. The SMILES string of the molecule is C=CC1=CC[C@@]2(C(=O)OCC)CC(C)C(=O)N2C1. The van der Waals surface area contributed by atoms with E-state index in [1.54, 1.807) is 17.9 Å². The normalized spacial score (nSPS) is 30.8. The molecule has 0 N–H and O–H groups in total. The van der Waals surface area contributed by atoms with Crippen molar-refractivity contribution >= 4 is 11.9 Å². The number of rotatable bonds is 3. The number of carbonyl (C=O) groups is 2. The second kappa shape index (κ2) is 4.59. The van der Waals surface area contributed by atoms with E-state index >= 15 is 0 Å². The molecule has 2 rings (SSSR count). The maximum Gasteiger partial charge on any atom is 0.332 e. The molecule has 2 heterocycles. The van der Waals surface area contributed by atoms with E-state index in [-0.39, 0.29) is 17.8 Å². The molecule has 0 aromatic carbocycles. The molecule has 1 amide bonds. The molecule has 4 nitrogen and oxygen atoms in total. The van der Waals surface area contributed by atoms with E-state index < -0.39 is 5.54 Å². The molecule has 2 atom stereocenters. The fourth-order valence-electron chi connectivity index (χ4n) is 2.84. The van der Waals surface area contributed by atoms with E-state index in [2.05, 4.69) is 6.58 Å². The summed E-state index contributed by atoms with van der Waals surface area (Å²) in [7, 11) is 0. The average molecular weight is 249 g/mol. The van der Waals surface area contributed by atoms with Gasteiger partial charge in [-0.1, -0.05) is 25.7 Å². The molecule has 0 aromatic rings. The van der Waals surface area contributed by atoms with E-state index in [4.69, 9.17) is 4.74 Å². The number of carbonyl (C=O) groups excluding carboxylic acids is 2. The van der Waals surface area contributed by atoms with Gasteiger partial charge in [0.15, 0.2) is 0 Å². The minimum atomic E-state index is -0.779. The first-order chi connectivity index (χ1) is 8.55. The summed E-state index contributed by atoms with van der Waals surface area (Å²) in [5, 5.41) is 0. The predicted molar refractivity (Wildman–Crippen MR) is 67.8 cm³/mol. The quantitative estimate of drug-likeness (QED) is 0.715. The summed E-state index contributed by atoms with van der Waals surface area (Å²) in [6.45, 7) is 8.19. The van der Waals surface area contributed by atoms with Crippen molar-refractivity contribution in [3.05, 3.63) is 24.3 Å². The summed E-state index contributed by atoms with van der Waals surface area (Å²) in [5.41, 5.74) is 0.219. The van der Waals surface area contributed by atoms with Crippen molar-refractivity contribution in [3.8, 4) is 0 Å². The monoisotopic (exact) mass is 249 g/mol. The van der Waals surface area contributed by atoms with Crippen molar-refractivity contribution in [2.45, 2.75) is 32.2 Å². The van der Waals surface area contributed by atoms with Crippen molar-refractivity contribution in [3.63, 3.8) is 0 Å². The van der Waals surface area contributed by atoms with Crippen LogP contribution in [0.1, 0.15) is 26.7 Å². The second-order valence-corrected chi connectivity index (χ2v) is 4.97. The van der Waals surface area contributed by atoms with Gasteiger partial charge in [-0.15, -0.1) is 0 Å². The van der Waals surface area contributed by atoms with Gasteiger partial charge in [0, 0.05) is 18.9 Å². The Morgan fingerprint density at radius 3 is 3.06 bits per heavy atom. The Bertz CT molecular complexity index is 427. The van der Waals surface area contributed by atoms with Crippen molar-refractivity contribution in [2.75, 3.05) is 13.2 Å². The molecule has 4 heteroatoms. The standard InChI is InChI=1S/C14H19NO3/c1-4-11-6-7-14(13(17)18-5-2)8-10(3)12(16)15(14)9-11/h4,6,10H,1,5,7-9H2,2-3H3/t10?,14-/m0/s1. The number of amides is 1. The van der Waals surface area contributed by atoms with Gasteiger partial charge in [-0.3, -0.25) is 4.79 Å². The zero-order valence-electron chi connectivity index (χ0n) is 10.9. The highest BCUT2D eigenvalue weighted by atomic mass is 16.5. The third-order valence-corrected chi connectivity index (χ3v) is 3.81. The van der Waals surface area contributed by atoms with Crippen LogP contribution >= 0.6 is 0 Å². The third-order valence-electron chi connectivity index (χ3n) is 3.81. The molecular weight excluding hydrogens is 230 g/mol. The number of nitrogens with zero attached hydrogens (tertiary/aromatic N) is 1. The molecule has 0 saturated carbocycles. The van der Waals surface area contributed by atoms with Crippen LogP contribution in [0.5, 0.6) is 0 Å². The van der Waals surface area contributed by atoms with Crippen molar-refractivity contribution in [1.82, 2.24) is 4.90 Å². The van der Waals surface area contributed by atoms with Gasteiger partial charge in [-0.2, -0.15) is 0 Å². The van der Waals surface area contributed by atoms with Crippen LogP contribution in [-0.4, -0.2) is 35.5 Å². The second-order valence-electron chi connectivity index (χ2n) is 4.97. The molecule has 2 aliphatic rings. The molecular formula is C14H19NO3. The first kappa shape index (κ1) is 12.9. The fourth-order valence-corrected chi connectivity index (χ4v) is 2.84. The lowest BCUT2D eigenvalue weighted by atomic mass is 9.86. The van der Waals surface area contributed by atoms with E-state index in [0.29, 0.717) is 26.0 Å². The van der Waals surface area contributed by atoms with Crippen LogP contribution in [0.15, 0.2) is 24.3 Å². The molecule has 0 aromatic heterocycles. The lowest BCUT2D eigenvalue weighted by Gasteiger charge is -2.38. The fraction of sp³-hybridized carbons (Fsp3) is 0.571. The van der Waals surface area contributed by atoms with Crippen LogP contribution in [0.4, 0.5) is 0 Å². The van der Waals surface area contributed by atoms with E-state index in [1.807, 2.05) is 13.0 Å². The Kier molecular flexibility index (Phi) is 3.28. The summed E-state index contributed by atoms with van der Waals surface area (Å²) in [4.78, 5) is 26.1. The molecule has 18 heavy (non-hydrogen) atoms. The van der Waals surface area contributed by atoms with Gasteiger partial charge in [-0.25, -0.2) is 4.79 Å². The molecule has 2 aliphatic heterocycles. The van der Waals surface area contributed by atoms with Gasteiger partial charge >= 0.3 is 5.97 Å². The maximum atomic E-state index is 12.2. The van der Waals surface area contributed by atoms with Gasteiger partial charge in [0.2, 0.25) is 5.91 Å². The summed E-state index contributed by atoms with van der Waals surface area (Å²) in [5.74, 6) is -0.357. The lowest BCUT2D eigenvalue weighted by Crippen LogP contribution is -2.54. The minimum Gasteiger partial charge on any atom is -0.464 e. The summed E-state index contributed by atoms with van der Waals surface area (Å²) in [6.07, 6.45) is 4.81. The van der Waals surface area contributed by atoms with E-state index in [0.717, 1.165) is 5.57 Å². The highest BCUT2D eigenvalue weighted by Crippen LogP contribution is 2.41. The molecule has 0 bridgehead atoms. The van der Waals surface area contributed by atoms with Crippen molar-refractivity contribution < 1.29 is 14.3 Å². The Hall–Kier alpha value is -1.58. The number of hydrogen-bond acceptors (Lipinski definition) is 3. The highest BCUT2D eigenvalue weighted by molar-refractivity contribution is 5.93. The third kappa shape index (κ3) is 1.76. The number of esters is 1. The van der Waals surface area contributed by atoms with Crippen LogP contribution < -0.4 is 0 Å². The van der Waals surface area contributed by atoms with Crippen LogP contribution in [0, 0.1) is 5.92 Å². The molecule has 1 fully saturated rings. The Labute approximate surface area is 107 Å². The lowest BCUT2D eigenvalue weighted by molar-refractivity contribution is -0.159. The molecule has 1 unspecified atom stereocenters. The first-order valence-electron chi connectivity index (χ1n) is 6.35.